The van der Waals surface area contributed by atoms with Gasteiger partial charge in [0.2, 0.25) is 0 Å². The van der Waals surface area contributed by atoms with Crippen molar-refractivity contribution in [1.82, 2.24) is 10.6 Å². The maximum absolute atomic E-state index is 11.5. The average molecular weight is 266 g/mol. The van der Waals surface area contributed by atoms with Crippen LogP contribution < -0.4 is 10.6 Å². The molecule has 0 radical (unpaired) electrons. The Morgan fingerprint density at radius 2 is 1.89 bits per heavy atom. The number of phenols is 1. The summed E-state index contributed by atoms with van der Waals surface area (Å²) >= 11 is 0. The minimum atomic E-state index is -0.524. The number of hydrogen-bond acceptors (Lipinski definition) is 3. The Bertz CT molecular complexity index is 392. The molecule has 1 rings (SSSR count). The summed E-state index contributed by atoms with van der Waals surface area (Å²) in [5, 5.41) is 24.2. The maximum Gasteiger partial charge on any atom is 0.315 e. The van der Waals surface area contributed by atoms with Crippen molar-refractivity contribution in [3.05, 3.63) is 29.8 Å². The van der Waals surface area contributed by atoms with Crippen molar-refractivity contribution in [3.63, 3.8) is 0 Å². The van der Waals surface area contributed by atoms with Gasteiger partial charge < -0.3 is 20.8 Å². The minimum absolute atomic E-state index is 0.164. The molecule has 0 saturated carbocycles. The van der Waals surface area contributed by atoms with E-state index in [1.807, 2.05) is 13.8 Å². The first-order valence-electron chi connectivity index (χ1n) is 6.50. The minimum Gasteiger partial charge on any atom is -0.508 e. The number of benzene rings is 1. The van der Waals surface area contributed by atoms with Crippen LogP contribution in [0.15, 0.2) is 24.3 Å². The van der Waals surface area contributed by atoms with Gasteiger partial charge in [-0.3, -0.25) is 0 Å². The Morgan fingerprint density at radius 3 is 2.47 bits per heavy atom. The van der Waals surface area contributed by atoms with Crippen LogP contribution in [0.3, 0.4) is 0 Å². The van der Waals surface area contributed by atoms with E-state index in [0.29, 0.717) is 6.54 Å². The molecule has 0 aromatic heterocycles. The first kappa shape index (κ1) is 15.3. The summed E-state index contributed by atoms with van der Waals surface area (Å²) in [5.41, 5.74) is 0.899. The number of aliphatic hydroxyl groups excluding tert-OH is 1. The van der Waals surface area contributed by atoms with E-state index in [0.717, 1.165) is 12.0 Å². The Balaban J connectivity index is 2.26. The van der Waals surface area contributed by atoms with E-state index < -0.39 is 6.10 Å². The quantitative estimate of drug-likeness (QED) is 0.631. The van der Waals surface area contributed by atoms with E-state index >= 15 is 0 Å². The number of carbonyl (C=O) groups excluding carboxylic acids is 1. The van der Waals surface area contributed by atoms with Crippen LogP contribution in [-0.2, 0) is 6.54 Å². The van der Waals surface area contributed by atoms with Gasteiger partial charge in [-0.05, 0) is 23.6 Å². The number of nitrogens with one attached hydrogen (secondary N) is 2. The van der Waals surface area contributed by atoms with Crippen LogP contribution in [0.1, 0.15) is 25.8 Å². The molecule has 0 bridgehead atoms. The molecule has 4 N–H and O–H groups in total. The number of amides is 2. The molecule has 19 heavy (non-hydrogen) atoms. The molecular formula is C14H22N2O3. The second kappa shape index (κ2) is 7.63. The van der Waals surface area contributed by atoms with Crippen molar-refractivity contribution in [2.45, 2.75) is 32.9 Å². The van der Waals surface area contributed by atoms with Gasteiger partial charge in [0, 0.05) is 13.1 Å². The number of aromatic hydroxyl groups is 1. The SMILES string of the molecule is CCC(C)C(O)CNC(=O)NCc1ccc(O)cc1. The highest BCUT2D eigenvalue weighted by atomic mass is 16.3. The molecule has 0 aliphatic rings. The molecule has 2 atom stereocenters. The highest BCUT2D eigenvalue weighted by Crippen LogP contribution is 2.09. The van der Waals surface area contributed by atoms with Gasteiger partial charge in [0.05, 0.1) is 6.10 Å². The summed E-state index contributed by atoms with van der Waals surface area (Å²) in [7, 11) is 0. The largest absolute Gasteiger partial charge is 0.508 e. The van der Waals surface area contributed by atoms with Crippen LogP contribution in [0.4, 0.5) is 4.79 Å². The molecule has 0 aliphatic heterocycles. The molecule has 5 nitrogen and oxygen atoms in total. The predicted molar refractivity (Wildman–Crippen MR) is 73.8 cm³/mol. The lowest BCUT2D eigenvalue weighted by molar-refractivity contribution is 0.114. The lowest BCUT2D eigenvalue weighted by atomic mass is 10.0. The summed E-state index contributed by atoms with van der Waals surface area (Å²) < 4.78 is 0. The van der Waals surface area contributed by atoms with E-state index in [1.165, 1.54) is 0 Å². The number of phenolic OH excluding ortho intramolecular Hbond substituents is 1. The normalized spacial score (nSPS) is 13.6. The number of carbonyl (C=O) groups is 1. The van der Waals surface area contributed by atoms with E-state index in [2.05, 4.69) is 10.6 Å². The van der Waals surface area contributed by atoms with Crippen molar-refractivity contribution in [3.8, 4) is 5.75 Å². The summed E-state index contributed by atoms with van der Waals surface area (Å²) in [6, 6.07) is 6.31. The van der Waals surface area contributed by atoms with Crippen LogP contribution in [-0.4, -0.2) is 28.9 Å². The fourth-order valence-corrected chi connectivity index (χ4v) is 1.53. The van der Waals surface area contributed by atoms with Gasteiger partial charge in [0.15, 0.2) is 0 Å². The summed E-state index contributed by atoms with van der Waals surface area (Å²) in [5.74, 6) is 0.363. The zero-order valence-corrected chi connectivity index (χ0v) is 11.4. The topological polar surface area (TPSA) is 81.6 Å². The van der Waals surface area contributed by atoms with Gasteiger partial charge in [0.25, 0.3) is 0 Å². The van der Waals surface area contributed by atoms with Crippen molar-refractivity contribution in [2.24, 2.45) is 5.92 Å². The van der Waals surface area contributed by atoms with E-state index in [-0.39, 0.29) is 24.2 Å². The van der Waals surface area contributed by atoms with Crippen LogP contribution in [0.25, 0.3) is 0 Å². The maximum atomic E-state index is 11.5. The van der Waals surface area contributed by atoms with Crippen molar-refractivity contribution < 1.29 is 15.0 Å². The van der Waals surface area contributed by atoms with Gasteiger partial charge in [-0.2, -0.15) is 0 Å². The van der Waals surface area contributed by atoms with E-state index in [4.69, 9.17) is 5.11 Å². The molecule has 0 saturated heterocycles. The summed E-state index contributed by atoms with van der Waals surface area (Å²) in [6.07, 6.45) is 0.349. The Kier molecular flexibility index (Phi) is 6.15. The third-order valence-corrected chi connectivity index (χ3v) is 3.16. The van der Waals surface area contributed by atoms with E-state index in [1.54, 1.807) is 24.3 Å². The van der Waals surface area contributed by atoms with Crippen LogP contribution in [0.2, 0.25) is 0 Å². The van der Waals surface area contributed by atoms with Gasteiger partial charge in [0.1, 0.15) is 5.75 Å². The highest BCUT2D eigenvalue weighted by Gasteiger charge is 2.12. The zero-order valence-electron chi connectivity index (χ0n) is 11.4. The molecule has 106 valence electrons. The second-order valence-electron chi connectivity index (χ2n) is 4.68. The van der Waals surface area contributed by atoms with Gasteiger partial charge in [-0.25, -0.2) is 4.79 Å². The van der Waals surface area contributed by atoms with Crippen LogP contribution >= 0.6 is 0 Å². The number of aliphatic hydroxyl groups is 1. The molecule has 2 unspecified atom stereocenters. The number of hydrogen-bond donors (Lipinski definition) is 4. The number of rotatable bonds is 6. The second-order valence-corrected chi connectivity index (χ2v) is 4.68. The first-order valence-corrected chi connectivity index (χ1v) is 6.50. The zero-order chi connectivity index (χ0) is 14.3. The molecule has 2 amide bonds. The van der Waals surface area contributed by atoms with Crippen LogP contribution in [0, 0.1) is 5.92 Å². The fraction of sp³-hybridized carbons (Fsp3) is 0.500. The fourth-order valence-electron chi connectivity index (χ4n) is 1.53. The molecule has 1 aromatic rings. The molecule has 0 aliphatic carbocycles. The molecule has 1 aromatic carbocycles. The molecule has 0 fully saturated rings. The molecular weight excluding hydrogens is 244 g/mol. The highest BCUT2D eigenvalue weighted by molar-refractivity contribution is 5.73. The standard InChI is InChI=1S/C14H22N2O3/c1-3-10(2)13(18)9-16-14(19)15-8-11-4-6-12(17)7-5-11/h4-7,10,13,17-18H,3,8-9H2,1-2H3,(H2,15,16,19). The first-order chi connectivity index (χ1) is 9.02. The van der Waals surface area contributed by atoms with Gasteiger partial charge in [-0.1, -0.05) is 32.4 Å². The Morgan fingerprint density at radius 1 is 1.26 bits per heavy atom. The third-order valence-electron chi connectivity index (χ3n) is 3.16. The lowest BCUT2D eigenvalue weighted by Gasteiger charge is -2.17. The number of urea groups is 1. The third kappa shape index (κ3) is 5.61. The van der Waals surface area contributed by atoms with Crippen molar-refractivity contribution in [2.75, 3.05) is 6.54 Å². The summed E-state index contributed by atoms with van der Waals surface area (Å²) in [6.45, 7) is 4.57. The Hall–Kier alpha value is -1.75. The average Bonchev–Trinajstić information content (AvgIpc) is 2.43. The summed E-state index contributed by atoms with van der Waals surface area (Å²) in [4.78, 5) is 11.5. The monoisotopic (exact) mass is 266 g/mol. The van der Waals surface area contributed by atoms with Crippen molar-refractivity contribution >= 4 is 6.03 Å². The van der Waals surface area contributed by atoms with E-state index in [9.17, 15) is 9.90 Å². The molecule has 0 heterocycles. The molecule has 0 spiro atoms. The van der Waals surface area contributed by atoms with Gasteiger partial charge in [-0.15, -0.1) is 0 Å². The predicted octanol–water partition coefficient (Wildman–Crippen LogP) is 1.60. The van der Waals surface area contributed by atoms with Crippen molar-refractivity contribution in [1.29, 1.82) is 0 Å². The Labute approximate surface area is 113 Å². The smallest absolute Gasteiger partial charge is 0.315 e. The van der Waals surface area contributed by atoms with Crippen LogP contribution in [0.5, 0.6) is 5.75 Å². The van der Waals surface area contributed by atoms with Gasteiger partial charge >= 0.3 is 6.03 Å². The molecule has 5 heteroatoms. The lowest BCUT2D eigenvalue weighted by Crippen LogP contribution is -2.41.